The van der Waals surface area contributed by atoms with Gasteiger partial charge in [-0.25, -0.2) is 0 Å². The van der Waals surface area contributed by atoms with Gasteiger partial charge in [0.25, 0.3) is 0 Å². The molecule has 0 saturated carbocycles. The van der Waals surface area contributed by atoms with Crippen molar-refractivity contribution < 1.29 is 0 Å². The molecule has 0 spiro atoms. The molecule has 1 heterocycles. The van der Waals surface area contributed by atoms with Crippen molar-refractivity contribution in [2.45, 2.75) is 4.58 Å². The molecule has 1 aliphatic rings. The number of hydrogen-bond acceptors (Lipinski definition) is 3. The summed E-state index contributed by atoms with van der Waals surface area (Å²) in [5, 5.41) is 0. The fourth-order valence-electron chi connectivity index (χ4n) is 0.543. The van der Waals surface area contributed by atoms with E-state index in [1.54, 1.807) is 0 Å². The molecule has 0 aromatic carbocycles. The highest BCUT2D eigenvalue weighted by atomic mass is 35.5. The van der Waals surface area contributed by atoms with Gasteiger partial charge in [0, 0.05) is 18.1 Å². The minimum Gasteiger partial charge on any atom is -0.329 e. The molecule has 1 aliphatic heterocycles. The molecule has 0 radical (unpaired) electrons. The minimum absolute atomic E-state index is 0. The van der Waals surface area contributed by atoms with Gasteiger partial charge < -0.3 is 5.73 Å². The Morgan fingerprint density at radius 1 is 1.38 bits per heavy atom. The van der Waals surface area contributed by atoms with Gasteiger partial charge in [-0.1, -0.05) is 0 Å². The molecular formula is C4H10ClNS2. The summed E-state index contributed by atoms with van der Waals surface area (Å²) in [5.74, 6) is 2.60. The lowest BCUT2D eigenvalue weighted by Gasteiger charge is -1.98. The van der Waals surface area contributed by atoms with Crippen LogP contribution in [0.5, 0.6) is 0 Å². The molecule has 0 bridgehead atoms. The smallest absolute Gasteiger partial charge is 0.0625 e. The second kappa shape index (κ2) is 4.79. The van der Waals surface area contributed by atoms with Crippen molar-refractivity contribution in [3.05, 3.63) is 0 Å². The zero-order chi connectivity index (χ0) is 5.11. The van der Waals surface area contributed by atoms with Gasteiger partial charge in [-0.05, 0) is 0 Å². The molecule has 8 heavy (non-hydrogen) atoms. The summed E-state index contributed by atoms with van der Waals surface area (Å²) in [6, 6.07) is 0. The van der Waals surface area contributed by atoms with Crippen LogP contribution in [-0.4, -0.2) is 22.6 Å². The first-order valence-corrected chi connectivity index (χ1v) is 4.46. The average Bonchev–Trinajstić information content (AvgIpc) is 2.14. The van der Waals surface area contributed by atoms with Crippen molar-refractivity contribution in [3.8, 4) is 0 Å². The van der Waals surface area contributed by atoms with Gasteiger partial charge in [0.1, 0.15) is 0 Å². The average molecular weight is 172 g/mol. The molecule has 0 amide bonds. The maximum atomic E-state index is 5.39. The maximum Gasteiger partial charge on any atom is 0.0625 e. The van der Waals surface area contributed by atoms with E-state index >= 15 is 0 Å². The van der Waals surface area contributed by atoms with Crippen LogP contribution >= 0.6 is 35.9 Å². The van der Waals surface area contributed by atoms with Crippen LogP contribution in [0.1, 0.15) is 0 Å². The first kappa shape index (κ1) is 8.95. The van der Waals surface area contributed by atoms with Gasteiger partial charge >= 0.3 is 0 Å². The Hall–Kier alpha value is 0.950. The van der Waals surface area contributed by atoms with Crippen molar-refractivity contribution in [2.75, 3.05) is 18.1 Å². The third kappa shape index (κ3) is 2.49. The molecule has 0 aromatic heterocycles. The van der Waals surface area contributed by atoms with Crippen molar-refractivity contribution >= 4 is 35.9 Å². The largest absolute Gasteiger partial charge is 0.329 e. The van der Waals surface area contributed by atoms with Crippen LogP contribution in [0.2, 0.25) is 0 Å². The topological polar surface area (TPSA) is 26.0 Å². The van der Waals surface area contributed by atoms with E-state index in [4.69, 9.17) is 5.73 Å². The van der Waals surface area contributed by atoms with Gasteiger partial charge in [0.15, 0.2) is 0 Å². The van der Waals surface area contributed by atoms with Gasteiger partial charge in [0.2, 0.25) is 0 Å². The lowest BCUT2D eigenvalue weighted by Crippen LogP contribution is -2.09. The van der Waals surface area contributed by atoms with Gasteiger partial charge in [0.05, 0.1) is 4.58 Å². The summed E-state index contributed by atoms with van der Waals surface area (Å²) in [4.78, 5) is 0. The second-order valence-corrected chi connectivity index (χ2v) is 4.33. The Morgan fingerprint density at radius 2 is 1.88 bits per heavy atom. The number of halogens is 1. The summed E-state index contributed by atoms with van der Waals surface area (Å²) in [5.41, 5.74) is 5.39. The summed E-state index contributed by atoms with van der Waals surface area (Å²) in [7, 11) is 0. The third-order valence-corrected chi connectivity index (χ3v) is 3.97. The van der Waals surface area contributed by atoms with Crippen LogP contribution in [0.4, 0.5) is 0 Å². The first-order chi connectivity index (χ1) is 3.43. The number of hydrogen-bond donors (Lipinski definition) is 1. The standard InChI is InChI=1S/C4H9NS2.ClH/c5-3-4-6-1-2-7-4;/h4H,1-3,5H2;1H. The van der Waals surface area contributed by atoms with E-state index < -0.39 is 0 Å². The van der Waals surface area contributed by atoms with E-state index in [2.05, 4.69) is 0 Å². The molecule has 1 saturated heterocycles. The van der Waals surface area contributed by atoms with Gasteiger partial charge in [-0.3, -0.25) is 0 Å². The van der Waals surface area contributed by atoms with Crippen LogP contribution in [0.3, 0.4) is 0 Å². The van der Waals surface area contributed by atoms with Crippen LogP contribution in [0.15, 0.2) is 0 Å². The monoisotopic (exact) mass is 171 g/mol. The van der Waals surface area contributed by atoms with Crippen molar-refractivity contribution in [3.63, 3.8) is 0 Å². The van der Waals surface area contributed by atoms with Crippen LogP contribution < -0.4 is 5.73 Å². The number of rotatable bonds is 1. The highest BCUT2D eigenvalue weighted by Gasteiger charge is 2.12. The SMILES string of the molecule is Cl.NCC1SCCS1. The molecular weight excluding hydrogens is 162 g/mol. The normalized spacial score (nSPS) is 20.6. The lowest BCUT2D eigenvalue weighted by atomic mass is 10.8. The molecule has 50 valence electrons. The highest BCUT2D eigenvalue weighted by molar-refractivity contribution is 8.20. The fourth-order valence-corrected chi connectivity index (χ4v) is 3.07. The fraction of sp³-hybridized carbons (Fsp3) is 1.00. The Bertz CT molecular complexity index is 56.0. The minimum atomic E-state index is 0. The van der Waals surface area contributed by atoms with E-state index in [9.17, 15) is 0 Å². The summed E-state index contributed by atoms with van der Waals surface area (Å²) >= 11 is 3.96. The Balaban J connectivity index is 0.000000490. The van der Waals surface area contributed by atoms with Crippen LogP contribution in [-0.2, 0) is 0 Å². The zero-order valence-electron chi connectivity index (χ0n) is 4.50. The molecule has 0 unspecified atom stereocenters. The number of nitrogens with two attached hydrogens (primary N) is 1. The van der Waals surface area contributed by atoms with E-state index in [1.807, 2.05) is 23.5 Å². The van der Waals surface area contributed by atoms with Crippen LogP contribution in [0.25, 0.3) is 0 Å². The predicted octanol–water partition coefficient (Wildman–Crippen LogP) is 1.17. The maximum absolute atomic E-state index is 5.39. The molecule has 4 heteroatoms. The second-order valence-electron chi connectivity index (χ2n) is 1.41. The van der Waals surface area contributed by atoms with Crippen LogP contribution in [0, 0.1) is 0 Å². The first-order valence-electron chi connectivity index (χ1n) is 2.37. The van der Waals surface area contributed by atoms with E-state index in [0.29, 0.717) is 4.58 Å². The van der Waals surface area contributed by atoms with E-state index in [0.717, 1.165) is 6.54 Å². The molecule has 2 N–H and O–H groups in total. The van der Waals surface area contributed by atoms with Crippen molar-refractivity contribution in [1.29, 1.82) is 0 Å². The van der Waals surface area contributed by atoms with Gasteiger partial charge in [-0.15, -0.1) is 35.9 Å². The highest BCUT2D eigenvalue weighted by Crippen LogP contribution is 2.30. The quantitative estimate of drug-likeness (QED) is 0.642. The van der Waals surface area contributed by atoms with E-state index in [1.165, 1.54) is 11.5 Å². The molecule has 0 atom stereocenters. The summed E-state index contributed by atoms with van der Waals surface area (Å²) in [6.07, 6.45) is 0. The molecule has 1 fully saturated rings. The summed E-state index contributed by atoms with van der Waals surface area (Å²) in [6.45, 7) is 0.843. The Kier molecular flexibility index (Phi) is 5.36. The predicted molar refractivity (Wildman–Crippen MR) is 45.0 cm³/mol. The van der Waals surface area contributed by atoms with Gasteiger partial charge in [-0.2, -0.15) is 0 Å². The summed E-state index contributed by atoms with van der Waals surface area (Å²) < 4.78 is 0.708. The molecule has 0 aliphatic carbocycles. The Morgan fingerprint density at radius 3 is 2.12 bits per heavy atom. The van der Waals surface area contributed by atoms with Crippen molar-refractivity contribution in [2.24, 2.45) is 5.73 Å². The van der Waals surface area contributed by atoms with Crippen molar-refractivity contribution in [1.82, 2.24) is 0 Å². The Labute approximate surface area is 64.6 Å². The molecule has 0 aromatic rings. The molecule has 1 rings (SSSR count). The lowest BCUT2D eigenvalue weighted by molar-refractivity contribution is 1.11. The zero-order valence-corrected chi connectivity index (χ0v) is 6.95. The number of thioether (sulfide) groups is 2. The molecule has 1 nitrogen and oxygen atoms in total. The third-order valence-electron chi connectivity index (χ3n) is 0.883. The van der Waals surface area contributed by atoms with E-state index in [-0.39, 0.29) is 12.4 Å².